The molecule has 2 rings (SSSR count). The molecular formula is C29H46O3. The summed E-state index contributed by atoms with van der Waals surface area (Å²) < 4.78 is 0. The van der Waals surface area contributed by atoms with Crippen molar-refractivity contribution in [2.75, 3.05) is 0 Å². The Hall–Kier alpha value is -1.77. The number of fused-ring (bicyclic) bond motifs is 1. The summed E-state index contributed by atoms with van der Waals surface area (Å²) in [4.78, 5) is 37.3. The zero-order valence-corrected chi connectivity index (χ0v) is 21.9. The number of rotatable bonds is 10. The minimum atomic E-state index is -0.0688. The average molecular weight is 443 g/mol. The average Bonchev–Trinajstić information content (AvgIpc) is 2.71. The Balaban J connectivity index is 0.00000161. The maximum absolute atomic E-state index is 13.1. The van der Waals surface area contributed by atoms with Crippen LogP contribution < -0.4 is 0 Å². The highest BCUT2D eigenvalue weighted by Gasteiger charge is 2.33. The summed E-state index contributed by atoms with van der Waals surface area (Å²) in [6.07, 6.45) is 7.42. The molecule has 180 valence electrons. The van der Waals surface area contributed by atoms with Crippen LogP contribution in [0.25, 0.3) is 0 Å². The lowest BCUT2D eigenvalue weighted by Gasteiger charge is -2.33. The highest BCUT2D eigenvalue weighted by atomic mass is 16.1. The summed E-state index contributed by atoms with van der Waals surface area (Å²) in [7, 11) is 0. The van der Waals surface area contributed by atoms with Crippen LogP contribution in [0.5, 0.6) is 0 Å². The molecule has 1 aliphatic carbocycles. The first-order chi connectivity index (χ1) is 15.1. The van der Waals surface area contributed by atoms with Crippen LogP contribution >= 0.6 is 0 Å². The molecule has 0 spiro atoms. The van der Waals surface area contributed by atoms with Gasteiger partial charge in [0.1, 0.15) is 11.6 Å². The molecule has 0 fully saturated rings. The zero-order chi connectivity index (χ0) is 24.4. The van der Waals surface area contributed by atoms with E-state index in [-0.39, 0.29) is 41.5 Å². The molecule has 0 bridgehead atoms. The molecule has 0 saturated heterocycles. The van der Waals surface area contributed by atoms with E-state index in [0.717, 1.165) is 49.7 Å². The van der Waals surface area contributed by atoms with Gasteiger partial charge in [-0.1, -0.05) is 59.9 Å². The molecule has 1 aromatic rings. The van der Waals surface area contributed by atoms with Crippen LogP contribution in [-0.2, 0) is 22.4 Å². The van der Waals surface area contributed by atoms with Gasteiger partial charge in [0.15, 0.2) is 5.78 Å². The van der Waals surface area contributed by atoms with E-state index in [0.29, 0.717) is 6.42 Å². The van der Waals surface area contributed by atoms with Crippen molar-refractivity contribution in [3.05, 3.63) is 33.9 Å². The van der Waals surface area contributed by atoms with Crippen LogP contribution in [-0.4, -0.2) is 17.3 Å². The Morgan fingerprint density at radius 3 is 2.19 bits per heavy atom. The molecule has 0 aliphatic heterocycles. The lowest BCUT2D eigenvalue weighted by Crippen LogP contribution is -2.30. The van der Waals surface area contributed by atoms with E-state index in [9.17, 15) is 14.4 Å². The third-order valence-electron chi connectivity index (χ3n) is 6.81. The van der Waals surface area contributed by atoms with Crippen molar-refractivity contribution < 1.29 is 14.4 Å². The number of hydrogen-bond donors (Lipinski definition) is 0. The molecule has 1 aliphatic rings. The van der Waals surface area contributed by atoms with Gasteiger partial charge in [-0.25, -0.2) is 0 Å². The van der Waals surface area contributed by atoms with Crippen molar-refractivity contribution in [1.82, 2.24) is 0 Å². The molecule has 3 nitrogen and oxygen atoms in total. The molecule has 0 aromatic heterocycles. The molecule has 0 saturated carbocycles. The first-order valence-electron chi connectivity index (χ1n) is 12.8. The van der Waals surface area contributed by atoms with Crippen molar-refractivity contribution in [3.63, 3.8) is 0 Å². The van der Waals surface area contributed by atoms with Crippen molar-refractivity contribution in [2.45, 2.75) is 113 Å². The normalized spacial score (nSPS) is 17.1. The van der Waals surface area contributed by atoms with Crippen LogP contribution in [0.15, 0.2) is 6.07 Å². The van der Waals surface area contributed by atoms with Crippen molar-refractivity contribution in [2.24, 2.45) is 17.8 Å². The van der Waals surface area contributed by atoms with E-state index in [4.69, 9.17) is 0 Å². The number of Topliss-reactive ketones (excluding diaryl/α,β-unsaturated/α-hetero) is 3. The predicted molar refractivity (Wildman–Crippen MR) is 135 cm³/mol. The van der Waals surface area contributed by atoms with E-state index < -0.39 is 0 Å². The van der Waals surface area contributed by atoms with Crippen LogP contribution in [0, 0.1) is 31.6 Å². The summed E-state index contributed by atoms with van der Waals surface area (Å²) in [6, 6.07) is 2.25. The number of carbonyl (C=O) groups is 3. The second-order valence-corrected chi connectivity index (χ2v) is 9.73. The predicted octanol–water partition coefficient (Wildman–Crippen LogP) is 7.41. The summed E-state index contributed by atoms with van der Waals surface area (Å²) in [5, 5.41) is 0. The Morgan fingerprint density at radius 1 is 1.06 bits per heavy atom. The smallest absolute Gasteiger partial charge is 0.163 e. The lowest BCUT2D eigenvalue weighted by molar-refractivity contribution is -0.129. The number of ketones is 3. The molecular weight excluding hydrogens is 396 g/mol. The van der Waals surface area contributed by atoms with E-state index in [1.165, 1.54) is 30.0 Å². The van der Waals surface area contributed by atoms with Crippen molar-refractivity contribution in [3.8, 4) is 0 Å². The van der Waals surface area contributed by atoms with Crippen LogP contribution in [0.1, 0.15) is 119 Å². The van der Waals surface area contributed by atoms with Gasteiger partial charge in [0.2, 0.25) is 0 Å². The standard InChI is InChI=1S/C26H38O3.C3H8/c1-7-10-21(22(9-3)24(28)12-17(5)27)13-19-14-23-20(8-2)11-16(4)18(6)26(23)25(29)15-19;1-3-2/h11,19,21-22H,7-10,12-15H2,1-6H3;3H2,1-2H3. The van der Waals surface area contributed by atoms with Gasteiger partial charge in [0.05, 0.1) is 6.42 Å². The minimum absolute atomic E-state index is 0.0452. The van der Waals surface area contributed by atoms with Gasteiger partial charge in [-0.3, -0.25) is 14.4 Å². The Bertz CT molecular complexity index is 790. The summed E-state index contributed by atoms with van der Waals surface area (Å²) in [5.41, 5.74) is 5.85. The lowest BCUT2D eigenvalue weighted by atomic mass is 9.71. The fraction of sp³-hybridized carbons (Fsp3) is 0.690. The molecule has 3 unspecified atom stereocenters. The third kappa shape index (κ3) is 7.39. The van der Waals surface area contributed by atoms with Crippen LogP contribution in [0.2, 0.25) is 0 Å². The maximum Gasteiger partial charge on any atom is 0.163 e. The number of aryl methyl sites for hydroxylation is 2. The number of benzene rings is 1. The second-order valence-electron chi connectivity index (χ2n) is 9.73. The van der Waals surface area contributed by atoms with Gasteiger partial charge in [0, 0.05) is 17.9 Å². The first-order valence-corrected chi connectivity index (χ1v) is 12.8. The van der Waals surface area contributed by atoms with Crippen molar-refractivity contribution >= 4 is 17.3 Å². The van der Waals surface area contributed by atoms with E-state index in [2.05, 4.69) is 47.6 Å². The van der Waals surface area contributed by atoms with Crippen LogP contribution in [0.4, 0.5) is 0 Å². The summed E-state index contributed by atoms with van der Waals surface area (Å²) in [6.45, 7) is 16.3. The van der Waals surface area contributed by atoms with Gasteiger partial charge in [-0.2, -0.15) is 0 Å². The highest BCUT2D eigenvalue weighted by molar-refractivity contribution is 6.01. The van der Waals surface area contributed by atoms with Gasteiger partial charge in [-0.15, -0.1) is 0 Å². The Kier molecular flexibility index (Phi) is 12.1. The zero-order valence-electron chi connectivity index (χ0n) is 21.9. The molecule has 1 aromatic carbocycles. The van der Waals surface area contributed by atoms with E-state index in [1.807, 2.05) is 6.92 Å². The second kappa shape index (κ2) is 13.7. The molecule has 32 heavy (non-hydrogen) atoms. The molecule has 0 amide bonds. The van der Waals surface area contributed by atoms with Gasteiger partial charge < -0.3 is 0 Å². The molecule has 3 heteroatoms. The highest BCUT2D eigenvalue weighted by Crippen LogP contribution is 2.38. The maximum atomic E-state index is 13.1. The Labute approximate surface area is 196 Å². The van der Waals surface area contributed by atoms with Crippen LogP contribution in [0.3, 0.4) is 0 Å². The fourth-order valence-electron chi connectivity index (χ4n) is 5.34. The van der Waals surface area contributed by atoms with Gasteiger partial charge in [-0.05, 0) is 80.5 Å². The molecule has 0 radical (unpaired) electrons. The van der Waals surface area contributed by atoms with E-state index >= 15 is 0 Å². The molecule has 3 atom stereocenters. The van der Waals surface area contributed by atoms with E-state index in [1.54, 1.807) is 0 Å². The molecule has 0 N–H and O–H groups in total. The monoisotopic (exact) mass is 442 g/mol. The van der Waals surface area contributed by atoms with Gasteiger partial charge >= 0.3 is 0 Å². The number of hydrogen-bond acceptors (Lipinski definition) is 3. The molecule has 0 heterocycles. The largest absolute Gasteiger partial charge is 0.300 e. The topological polar surface area (TPSA) is 51.2 Å². The summed E-state index contributed by atoms with van der Waals surface area (Å²) in [5.74, 6) is 0.780. The quantitative estimate of drug-likeness (QED) is 0.354. The first kappa shape index (κ1) is 28.3. The third-order valence-corrected chi connectivity index (χ3v) is 6.81. The Morgan fingerprint density at radius 2 is 1.69 bits per heavy atom. The fourth-order valence-corrected chi connectivity index (χ4v) is 5.34. The summed E-state index contributed by atoms with van der Waals surface area (Å²) >= 11 is 0. The number of carbonyl (C=O) groups excluding carboxylic acids is 3. The van der Waals surface area contributed by atoms with Crippen molar-refractivity contribution in [1.29, 1.82) is 0 Å². The minimum Gasteiger partial charge on any atom is -0.300 e. The SMILES string of the molecule is CCC.CCCC(CC1CC(=O)c2c(C)c(C)cc(CC)c2C1)C(CC)C(=O)CC(C)=O. The van der Waals surface area contributed by atoms with Gasteiger partial charge in [0.25, 0.3) is 0 Å².